The van der Waals surface area contributed by atoms with Crippen LogP contribution < -0.4 is 10.6 Å². The zero-order chi connectivity index (χ0) is 17.4. The molecule has 1 aliphatic carbocycles. The highest BCUT2D eigenvalue weighted by Crippen LogP contribution is 2.26. The zero-order valence-corrected chi connectivity index (χ0v) is 16.2. The molecule has 0 atom stereocenters. The number of likely N-dealkylation sites (tertiary alicyclic amines) is 1. The Kier molecular flexibility index (Phi) is 7.82. The highest BCUT2D eigenvalue weighted by molar-refractivity contribution is 5.79. The van der Waals surface area contributed by atoms with Crippen molar-refractivity contribution >= 4 is 5.96 Å². The highest BCUT2D eigenvalue weighted by atomic mass is 16.5. The Balaban J connectivity index is 1.62. The Bertz CT molecular complexity index is 377. The van der Waals surface area contributed by atoms with E-state index < -0.39 is 0 Å². The summed E-state index contributed by atoms with van der Waals surface area (Å²) in [6, 6.07) is 0. The molecule has 0 amide bonds. The van der Waals surface area contributed by atoms with Crippen LogP contribution in [0.3, 0.4) is 0 Å². The molecule has 2 aliphatic rings. The first-order valence-electron chi connectivity index (χ1n) is 9.80. The van der Waals surface area contributed by atoms with E-state index in [0.29, 0.717) is 6.10 Å². The van der Waals surface area contributed by atoms with E-state index in [1.807, 2.05) is 7.05 Å². The van der Waals surface area contributed by atoms with Gasteiger partial charge in [-0.15, -0.1) is 0 Å². The molecule has 2 N–H and O–H groups in total. The van der Waals surface area contributed by atoms with E-state index in [1.54, 1.807) is 0 Å². The number of piperidine rings is 1. The summed E-state index contributed by atoms with van der Waals surface area (Å²) in [4.78, 5) is 6.81. The molecule has 1 saturated carbocycles. The molecule has 0 bridgehead atoms. The monoisotopic (exact) mass is 338 g/mol. The summed E-state index contributed by atoms with van der Waals surface area (Å²) in [5.41, 5.74) is 0.167. The van der Waals surface area contributed by atoms with Crippen molar-refractivity contribution in [2.45, 2.75) is 70.9 Å². The number of aliphatic imine (C=N–C) groups is 1. The van der Waals surface area contributed by atoms with Crippen molar-refractivity contribution in [2.75, 3.05) is 39.8 Å². The van der Waals surface area contributed by atoms with Crippen molar-refractivity contribution in [1.82, 2.24) is 15.5 Å². The maximum atomic E-state index is 6.17. The third kappa shape index (κ3) is 6.98. The lowest BCUT2D eigenvalue weighted by atomic mass is 10.1. The fourth-order valence-electron chi connectivity index (χ4n) is 3.63. The largest absolute Gasteiger partial charge is 0.378 e. The predicted octanol–water partition coefficient (Wildman–Crippen LogP) is 2.62. The van der Waals surface area contributed by atoms with Gasteiger partial charge in [-0.3, -0.25) is 4.99 Å². The van der Waals surface area contributed by atoms with Gasteiger partial charge in [0.25, 0.3) is 0 Å². The summed E-state index contributed by atoms with van der Waals surface area (Å²) >= 11 is 0. The van der Waals surface area contributed by atoms with Gasteiger partial charge in [-0.1, -0.05) is 12.8 Å². The van der Waals surface area contributed by atoms with Crippen molar-refractivity contribution in [3.8, 4) is 0 Å². The maximum Gasteiger partial charge on any atom is 0.193 e. The fraction of sp³-hybridized carbons (Fsp3) is 0.947. The Morgan fingerprint density at radius 1 is 1.08 bits per heavy atom. The minimum atomic E-state index is 0.167. The second kappa shape index (κ2) is 9.62. The van der Waals surface area contributed by atoms with Crippen molar-refractivity contribution in [1.29, 1.82) is 0 Å². The van der Waals surface area contributed by atoms with E-state index in [-0.39, 0.29) is 5.54 Å². The van der Waals surface area contributed by atoms with Crippen LogP contribution in [-0.4, -0.2) is 62.3 Å². The number of hydrogen-bond donors (Lipinski definition) is 2. The molecule has 1 heterocycles. The number of nitrogens with zero attached hydrogens (tertiary/aromatic N) is 2. The quantitative estimate of drug-likeness (QED) is 0.444. The van der Waals surface area contributed by atoms with Gasteiger partial charge in [-0.2, -0.15) is 0 Å². The van der Waals surface area contributed by atoms with E-state index in [4.69, 9.17) is 4.74 Å². The van der Waals surface area contributed by atoms with Crippen molar-refractivity contribution in [3.05, 3.63) is 0 Å². The van der Waals surface area contributed by atoms with Crippen molar-refractivity contribution in [3.63, 3.8) is 0 Å². The van der Waals surface area contributed by atoms with E-state index in [0.717, 1.165) is 57.5 Å². The Morgan fingerprint density at radius 2 is 1.75 bits per heavy atom. The third-order valence-corrected chi connectivity index (χ3v) is 5.06. The molecular weight excluding hydrogens is 300 g/mol. The number of ether oxygens (including phenoxy) is 1. The lowest BCUT2D eigenvalue weighted by molar-refractivity contribution is 0.00102. The molecule has 24 heavy (non-hydrogen) atoms. The van der Waals surface area contributed by atoms with Gasteiger partial charge in [0.1, 0.15) is 0 Å². The fourth-order valence-corrected chi connectivity index (χ4v) is 3.63. The van der Waals surface area contributed by atoms with E-state index in [1.165, 1.54) is 25.7 Å². The Hall–Kier alpha value is -0.810. The summed E-state index contributed by atoms with van der Waals surface area (Å²) < 4.78 is 6.17. The molecule has 0 spiro atoms. The van der Waals surface area contributed by atoms with Crippen molar-refractivity contribution in [2.24, 2.45) is 10.9 Å². The van der Waals surface area contributed by atoms with Crippen LogP contribution in [-0.2, 0) is 4.74 Å². The molecule has 1 saturated heterocycles. The first-order chi connectivity index (χ1) is 11.5. The number of rotatable bonds is 6. The third-order valence-electron chi connectivity index (χ3n) is 5.06. The molecule has 0 aromatic rings. The van der Waals surface area contributed by atoms with Gasteiger partial charge in [0, 0.05) is 45.4 Å². The number of guanidine groups is 1. The van der Waals surface area contributed by atoms with Gasteiger partial charge >= 0.3 is 0 Å². The molecule has 0 radical (unpaired) electrons. The van der Waals surface area contributed by atoms with Gasteiger partial charge in [-0.05, 0) is 52.4 Å². The minimum Gasteiger partial charge on any atom is -0.378 e. The van der Waals surface area contributed by atoms with E-state index >= 15 is 0 Å². The summed E-state index contributed by atoms with van der Waals surface area (Å²) in [6.45, 7) is 11.5. The second-order valence-corrected chi connectivity index (χ2v) is 8.32. The SMILES string of the molecule is CN=C(NCCNC(C)(C)C)N1CCC(OCC2CCCC2)CC1. The topological polar surface area (TPSA) is 48.9 Å². The predicted molar refractivity (Wildman–Crippen MR) is 102 cm³/mol. The highest BCUT2D eigenvalue weighted by Gasteiger charge is 2.23. The smallest absolute Gasteiger partial charge is 0.193 e. The lowest BCUT2D eigenvalue weighted by Crippen LogP contribution is -2.49. The van der Waals surface area contributed by atoms with Crippen LogP contribution >= 0.6 is 0 Å². The Labute approximate surface area is 148 Å². The molecule has 5 heteroatoms. The average Bonchev–Trinajstić information content (AvgIpc) is 3.06. The molecular formula is C19H38N4O. The van der Waals surface area contributed by atoms with Gasteiger partial charge in [0.15, 0.2) is 5.96 Å². The summed E-state index contributed by atoms with van der Waals surface area (Å²) in [7, 11) is 1.88. The zero-order valence-electron chi connectivity index (χ0n) is 16.2. The van der Waals surface area contributed by atoms with Crippen LogP contribution in [0, 0.1) is 5.92 Å². The molecule has 2 fully saturated rings. The average molecular weight is 339 g/mol. The summed E-state index contributed by atoms with van der Waals surface area (Å²) in [5, 5.41) is 6.97. The standard InChI is InChI=1S/C19H38N4O/c1-19(2,3)22-12-11-21-18(20-4)23-13-9-17(10-14-23)24-15-16-7-5-6-8-16/h16-17,22H,5-15H2,1-4H3,(H,20,21). The number of hydrogen-bond acceptors (Lipinski definition) is 3. The molecule has 1 aliphatic heterocycles. The lowest BCUT2D eigenvalue weighted by Gasteiger charge is -2.34. The molecule has 5 nitrogen and oxygen atoms in total. The molecule has 0 unspecified atom stereocenters. The van der Waals surface area contributed by atoms with Crippen LogP contribution in [0.25, 0.3) is 0 Å². The van der Waals surface area contributed by atoms with Crippen molar-refractivity contribution < 1.29 is 4.74 Å². The first kappa shape index (κ1) is 19.5. The molecule has 2 rings (SSSR count). The minimum absolute atomic E-state index is 0.167. The van der Waals surface area contributed by atoms with Crippen LogP contribution in [0.4, 0.5) is 0 Å². The molecule has 0 aromatic heterocycles. The van der Waals surface area contributed by atoms with Gasteiger partial charge in [-0.25, -0.2) is 0 Å². The van der Waals surface area contributed by atoms with Gasteiger partial charge in [0.2, 0.25) is 0 Å². The van der Waals surface area contributed by atoms with Crippen LogP contribution in [0.2, 0.25) is 0 Å². The maximum absolute atomic E-state index is 6.17. The van der Waals surface area contributed by atoms with Crippen LogP contribution in [0.1, 0.15) is 59.3 Å². The number of nitrogens with one attached hydrogen (secondary N) is 2. The van der Waals surface area contributed by atoms with Crippen LogP contribution in [0.15, 0.2) is 4.99 Å². The van der Waals surface area contributed by atoms with Crippen LogP contribution in [0.5, 0.6) is 0 Å². The van der Waals surface area contributed by atoms with Gasteiger partial charge in [0.05, 0.1) is 6.10 Å². The summed E-state index contributed by atoms with van der Waals surface area (Å²) in [5.74, 6) is 1.85. The normalized spacial score (nSPS) is 21.5. The van der Waals surface area contributed by atoms with E-state index in [9.17, 15) is 0 Å². The van der Waals surface area contributed by atoms with Gasteiger partial charge < -0.3 is 20.3 Å². The first-order valence-corrected chi connectivity index (χ1v) is 9.80. The Morgan fingerprint density at radius 3 is 2.33 bits per heavy atom. The van der Waals surface area contributed by atoms with E-state index in [2.05, 4.69) is 41.3 Å². The molecule has 140 valence electrons. The summed E-state index contributed by atoms with van der Waals surface area (Å²) in [6.07, 6.45) is 8.23. The second-order valence-electron chi connectivity index (χ2n) is 8.32. The molecule has 0 aromatic carbocycles.